The Bertz CT molecular complexity index is 207. The first kappa shape index (κ1) is 9.81. The Morgan fingerprint density at radius 2 is 1.79 bits per heavy atom. The monoisotopic (exact) mass is 196 g/mol. The van der Waals surface area contributed by atoms with Gasteiger partial charge in [0.1, 0.15) is 0 Å². The quantitative estimate of drug-likeness (QED) is 0.721. The van der Waals surface area contributed by atoms with E-state index in [0.29, 0.717) is 12.1 Å². The molecule has 0 radical (unpaired) electrons. The molecule has 2 amide bonds. The maximum absolute atomic E-state index is 11.7. The van der Waals surface area contributed by atoms with Crippen LogP contribution in [0.5, 0.6) is 0 Å². The zero-order valence-corrected chi connectivity index (χ0v) is 8.96. The molecule has 0 atom stereocenters. The minimum Gasteiger partial charge on any atom is -0.335 e. The molecular formula is C11H20N2O. The average molecular weight is 196 g/mol. The highest BCUT2D eigenvalue weighted by molar-refractivity contribution is 5.74. The Hall–Kier alpha value is -0.730. The predicted octanol–water partition coefficient (Wildman–Crippen LogP) is 2.12. The van der Waals surface area contributed by atoms with Crippen molar-refractivity contribution in [1.82, 2.24) is 10.2 Å². The van der Waals surface area contributed by atoms with Gasteiger partial charge in [-0.2, -0.15) is 0 Å². The standard InChI is InChI=1S/C11H20N2O/c1-13(10-7-2-3-8-10)11(14)12-9-5-4-6-9/h9-10H,2-8H2,1H3,(H,12,14). The first-order chi connectivity index (χ1) is 6.77. The van der Waals surface area contributed by atoms with Crippen LogP contribution in [0.15, 0.2) is 0 Å². The van der Waals surface area contributed by atoms with Gasteiger partial charge >= 0.3 is 6.03 Å². The third-order valence-corrected chi connectivity index (χ3v) is 3.63. The second-order valence-electron chi connectivity index (χ2n) is 4.63. The zero-order valence-electron chi connectivity index (χ0n) is 8.96. The molecule has 0 aromatic heterocycles. The summed E-state index contributed by atoms with van der Waals surface area (Å²) in [6.07, 6.45) is 8.56. The van der Waals surface area contributed by atoms with Gasteiger partial charge in [-0.3, -0.25) is 0 Å². The van der Waals surface area contributed by atoms with Gasteiger partial charge in [0.2, 0.25) is 0 Å². The van der Waals surface area contributed by atoms with Crippen LogP contribution in [0.2, 0.25) is 0 Å². The first-order valence-corrected chi connectivity index (χ1v) is 5.80. The molecule has 0 bridgehead atoms. The van der Waals surface area contributed by atoms with E-state index in [4.69, 9.17) is 0 Å². The molecule has 1 N–H and O–H groups in total. The van der Waals surface area contributed by atoms with Crippen molar-refractivity contribution < 1.29 is 4.79 Å². The summed E-state index contributed by atoms with van der Waals surface area (Å²) in [7, 11) is 1.93. The fourth-order valence-electron chi connectivity index (χ4n) is 2.29. The number of carbonyl (C=O) groups excluding carboxylic acids is 1. The third-order valence-electron chi connectivity index (χ3n) is 3.63. The van der Waals surface area contributed by atoms with Crippen LogP contribution >= 0.6 is 0 Å². The molecule has 2 aliphatic carbocycles. The molecule has 2 saturated carbocycles. The minimum absolute atomic E-state index is 0.140. The van der Waals surface area contributed by atoms with E-state index in [1.54, 1.807) is 0 Å². The lowest BCUT2D eigenvalue weighted by Crippen LogP contribution is -2.48. The molecule has 14 heavy (non-hydrogen) atoms. The van der Waals surface area contributed by atoms with Crippen LogP contribution in [0.4, 0.5) is 4.79 Å². The molecule has 0 unspecified atom stereocenters. The first-order valence-electron chi connectivity index (χ1n) is 5.80. The Labute approximate surface area is 85.8 Å². The summed E-state index contributed by atoms with van der Waals surface area (Å²) >= 11 is 0. The smallest absolute Gasteiger partial charge is 0.317 e. The summed E-state index contributed by atoms with van der Waals surface area (Å²) in [6, 6.07) is 1.10. The minimum atomic E-state index is 0.140. The van der Waals surface area contributed by atoms with E-state index >= 15 is 0 Å². The van der Waals surface area contributed by atoms with E-state index in [0.717, 1.165) is 0 Å². The lowest BCUT2D eigenvalue weighted by atomic mass is 9.93. The number of rotatable bonds is 2. The molecule has 2 fully saturated rings. The molecule has 80 valence electrons. The lowest BCUT2D eigenvalue weighted by molar-refractivity contribution is 0.180. The maximum Gasteiger partial charge on any atom is 0.317 e. The van der Waals surface area contributed by atoms with E-state index in [9.17, 15) is 4.79 Å². The van der Waals surface area contributed by atoms with Crippen LogP contribution in [0, 0.1) is 0 Å². The molecule has 2 rings (SSSR count). The van der Waals surface area contributed by atoms with Crippen molar-refractivity contribution in [1.29, 1.82) is 0 Å². The summed E-state index contributed by atoms with van der Waals surface area (Å²) in [6.45, 7) is 0. The Balaban J connectivity index is 1.77. The second kappa shape index (κ2) is 4.20. The fraction of sp³-hybridized carbons (Fsp3) is 0.909. The van der Waals surface area contributed by atoms with Gasteiger partial charge in [0.05, 0.1) is 0 Å². The van der Waals surface area contributed by atoms with Crippen molar-refractivity contribution in [3.8, 4) is 0 Å². The molecular weight excluding hydrogens is 176 g/mol. The Kier molecular flexibility index (Phi) is 2.94. The van der Waals surface area contributed by atoms with Crippen molar-refractivity contribution >= 4 is 6.03 Å². The number of carbonyl (C=O) groups is 1. The third kappa shape index (κ3) is 2.02. The molecule has 0 aromatic rings. The molecule has 3 heteroatoms. The van der Waals surface area contributed by atoms with Gasteiger partial charge in [0.25, 0.3) is 0 Å². The van der Waals surface area contributed by atoms with Crippen LogP contribution < -0.4 is 5.32 Å². The summed E-state index contributed by atoms with van der Waals surface area (Å²) in [5.41, 5.74) is 0. The summed E-state index contributed by atoms with van der Waals surface area (Å²) < 4.78 is 0. The predicted molar refractivity (Wildman–Crippen MR) is 56.2 cm³/mol. The van der Waals surface area contributed by atoms with Crippen molar-refractivity contribution in [2.75, 3.05) is 7.05 Å². The number of amides is 2. The maximum atomic E-state index is 11.7. The molecule has 0 saturated heterocycles. The molecule has 2 aliphatic rings. The van der Waals surface area contributed by atoms with Gasteiger partial charge < -0.3 is 10.2 Å². The largest absolute Gasteiger partial charge is 0.335 e. The fourth-order valence-corrected chi connectivity index (χ4v) is 2.29. The lowest BCUT2D eigenvalue weighted by Gasteiger charge is -2.31. The normalized spacial score (nSPS) is 23.2. The van der Waals surface area contributed by atoms with Gasteiger partial charge in [-0.25, -0.2) is 4.79 Å². The number of nitrogens with zero attached hydrogens (tertiary/aromatic N) is 1. The van der Waals surface area contributed by atoms with Gasteiger partial charge in [0, 0.05) is 19.1 Å². The zero-order chi connectivity index (χ0) is 9.97. The van der Waals surface area contributed by atoms with Crippen molar-refractivity contribution in [3.63, 3.8) is 0 Å². The molecule has 0 heterocycles. The van der Waals surface area contributed by atoms with Crippen LogP contribution in [0.1, 0.15) is 44.9 Å². The highest BCUT2D eigenvalue weighted by Crippen LogP contribution is 2.23. The average Bonchev–Trinajstić information content (AvgIpc) is 2.62. The van der Waals surface area contributed by atoms with Crippen LogP contribution in [0.25, 0.3) is 0 Å². The van der Waals surface area contributed by atoms with Crippen LogP contribution in [-0.4, -0.2) is 30.1 Å². The molecule has 3 nitrogen and oxygen atoms in total. The van der Waals surface area contributed by atoms with E-state index < -0.39 is 0 Å². The Morgan fingerprint density at radius 3 is 2.29 bits per heavy atom. The van der Waals surface area contributed by atoms with E-state index in [1.807, 2.05) is 11.9 Å². The van der Waals surface area contributed by atoms with Gasteiger partial charge in [-0.05, 0) is 32.1 Å². The van der Waals surface area contributed by atoms with E-state index in [1.165, 1.54) is 44.9 Å². The second-order valence-corrected chi connectivity index (χ2v) is 4.63. The molecule has 0 spiro atoms. The number of hydrogen-bond acceptors (Lipinski definition) is 1. The van der Waals surface area contributed by atoms with Crippen molar-refractivity contribution in [3.05, 3.63) is 0 Å². The van der Waals surface area contributed by atoms with Gasteiger partial charge in [-0.15, -0.1) is 0 Å². The highest BCUT2D eigenvalue weighted by Gasteiger charge is 2.26. The van der Waals surface area contributed by atoms with Gasteiger partial charge in [-0.1, -0.05) is 12.8 Å². The van der Waals surface area contributed by atoms with Crippen molar-refractivity contribution in [2.24, 2.45) is 0 Å². The van der Waals surface area contributed by atoms with E-state index in [2.05, 4.69) is 5.32 Å². The molecule has 0 aliphatic heterocycles. The van der Waals surface area contributed by atoms with Crippen molar-refractivity contribution in [2.45, 2.75) is 57.0 Å². The summed E-state index contributed by atoms with van der Waals surface area (Å²) in [5, 5.41) is 3.08. The summed E-state index contributed by atoms with van der Waals surface area (Å²) in [4.78, 5) is 13.7. The van der Waals surface area contributed by atoms with E-state index in [-0.39, 0.29) is 6.03 Å². The molecule has 0 aromatic carbocycles. The Morgan fingerprint density at radius 1 is 1.14 bits per heavy atom. The van der Waals surface area contributed by atoms with Gasteiger partial charge in [0.15, 0.2) is 0 Å². The number of hydrogen-bond donors (Lipinski definition) is 1. The number of nitrogens with one attached hydrogen (secondary N) is 1. The summed E-state index contributed by atoms with van der Waals surface area (Å²) in [5.74, 6) is 0. The topological polar surface area (TPSA) is 32.3 Å². The van der Waals surface area contributed by atoms with Crippen LogP contribution in [-0.2, 0) is 0 Å². The number of urea groups is 1. The van der Waals surface area contributed by atoms with Crippen LogP contribution in [0.3, 0.4) is 0 Å². The highest BCUT2D eigenvalue weighted by atomic mass is 16.2. The SMILES string of the molecule is CN(C(=O)NC1CCC1)C1CCCC1.